The Labute approximate surface area is 150 Å². The van der Waals surface area contributed by atoms with E-state index in [9.17, 15) is 4.79 Å². The van der Waals surface area contributed by atoms with E-state index in [-0.39, 0.29) is 23.0 Å². The number of rotatable bonds is 8. The maximum atomic E-state index is 12.1. The highest BCUT2D eigenvalue weighted by Crippen LogP contribution is 2.41. The fourth-order valence-electron chi connectivity index (χ4n) is 3.21. The molecule has 0 N–H and O–H groups in total. The third-order valence-electron chi connectivity index (χ3n) is 4.88. The normalized spacial score (nSPS) is 25.6. The number of ether oxygens (including phenoxy) is 2. The lowest BCUT2D eigenvalue weighted by atomic mass is 10.0. The van der Waals surface area contributed by atoms with E-state index in [4.69, 9.17) is 9.47 Å². The zero-order chi connectivity index (χ0) is 17.2. The van der Waals surface area contributed by atoms with Crippen molar-refractivity contribution in [2.24, 2.45) is 16.1 Å². The zero-order valence-corrected chi connectivity index (χ0v) is 15.4. The molecule has 6 heteroatoms. The van der Waals surface area contributed by atoms with Crippen LogP contribution in [0, 0.1) is 5.92 Å². The van der Waals surface area contributed by atoms with Crippen LogP contribution in [-0.2, 0) is 4.74 Å². The summed E-state index contributed by atoms with van der Waals surface area (Å²) in [5, 5.41) is 9.38. The van der Waals surface area contributed by atoms with Gasteiger partial charge in [-0.2, -0.15) is 16.0 Å². The maximum absolute atomic E-state index is 12.1. The second-order valence-corrected chi connectivity index (χ2v) is 8.97. The molecule has 2 aliphatic heterocycles. The fraction of sp³-hybridized carbons (Fsp3) is 0.526. The lowest BCUT2D eigenvalue weighted by Crippen LogP contribution is -2.12. The van der Waals surface area contributed by atoms with Crippen molar-refractivity contribution in [3.63, 3.8) is 0 Å². The average Bonchev–Trinajstić information content (AvgIpc) is 3.24. The predicted octanol–water partition coefficient (Wildman–Crippen LogP) is 4.23. The number of unbranched alkanes of at least 4 members (excludes halogenated alkanes) is 1. The minimum atomic E-state index is -0.368. The lowest BCUT2D eigenvalue weighted by molar-refractivity contribution is 0.0364. The molecule has 1 aromatic rings. The molecule has 0 amide bonds. The number of thiol groups is 1. The first-order chi connectivity index (χ1) is 12.2. The summed E-state index contributed by atoms with van der Waals surface area (Å²) in [6, 6.07) is 5.71. The van der Waals surface area contributed by atoms with Gasteiger partial charge in [-0.1, -0.05) is 19.4 Å². The van der Waals surface area contributed by atoms with Gasteiger partial charge < -0.3 is 9.47 Å². The first kappa shape index (κ1) is 16.6. The Morgan fingerprint density at radius 1 is 1.36 bits per heavy atom. The number of carbonyl (C=O) groups is 1. The van der Waals surface area contributed by atoms with Crippen LogP contribution in [0.15, 0.2) is 28.4 Å². The van der Waals surface area contributed by atoms with Gasteiger partial charge in [0.05, 0.1) is 11.1 Å². The van der Waals surface area contributed by atoms with Crippen LogP contribution in [0.3, 0.4) is 0 Å². The molecule has 2 atom stereocenters. The Balaban J connectivity index is 1.39. The maximum Gasteiger partial charge on any atom is 0.339 e. The molecule has 0 saturated heterocycles. The summed E-state index contributed by atoms with van der Waals surface area (Å²) in [6.07, 6.45) is 5.61. The highest BCUT2D eigenvalue weighted by Gasteiger charge is 2.31. The summed E-state index contributed by atoms with van der Waals surface area (Å²) in [5.74, 6) is 2.51. The van der Waals surface area contributed by atoms with Crippen LogP contribution < -0.4 is 4.74 Å². The molecular formula is C19H24N2O3S. The summed E-state index contributed by atoms with van der Waals surface area (Å²) in [4.78, 5) is 12.1. The van der Waals surface area contributed by atoms with Gasteiger partial charge in [-0.3, -0.25) is 0 Å². The van der Waals surface area contributed by atoms with Crippen LogP contribution in [0.5, 0.6) is 5.75 Å². The van der Waals surface area contributed by atoms with Gasteiger partial charge in [0.25, 0.3) is 0 Å². The summed E-state index contributed by atoms with van der Waals surface area (Å²) >= 11 is 0. The van der Waals surface area contributed by atoms with Crippen molar-refractivity contribution in [3.05, 3.63) is 29.3 Å². The Kier molecular flexibility index (Phi) is 4.79. The standard InChI is InChI=1S/C19H24N2O3S/c1-2-3-4-17-15-8-7-14(9-16(15)19(22)24-17)23-10-18-21-20-12-25(18)11-13-5-6-13/h7-9,12-13,17,25H,2-6,10-11H2,1H3. The molecule has 1 aromatic carbocycles. The van der Waals surface area contributed by atoms with Gasteiger partial charge >= 0.3 is 5.97 Å². The van der Waals surface area contributed by atoms with Gasteiger partial charge in [0.1, 0.15) is 23.5 Å². The van der Waals surface area contributed by atoms with Crippen LogP contribution in [0.2, 0.25) is 0 Å². The van der Waals surface area contributed by atoms with Crippen molar-refractivity contribution in [1.29, 1.82) is 0 Å². The molecule has 0 aromatic heterocycles. The van der Waals surface area contributed by atoms with E-state index in [1.807, 2.05) is 23.7 Å². The SMILES string of the molecule is CCCCC1OC(=O)c2cc(OCC3=NN=C[SH]3CC3CC3)ccc21. The third-order valence-corrected chi connectivity index (χ3v) is 7.05. The summed E-state index contributed by atoms with van der Waals surface area (Å²) in [6.45, 7) is 2.59. The van der Waals surface area contributed by atoms with Gasteiger partial charge in [0, 0.05) is 5.56 Å². The highest BCUT2D eigenvalue weighted by atomic mass is 32.2. The van der Waals surface area contributed by atoms with Crippen LogP contribution in [0.1, 0.15) is 61.1 Å². The fourth-order valence-corrected chi connectivity index (χ4v) is 5.15. The molecule has 0 bridgehead atoms. The van der Waals surface area contributed by atoms with Crippen molar-refractivity contribution in [1.82, 2.24) is 0 Å². The Morgan fingerprint density at radius 3 is 3.04 bits per heavy atom. The molecular weight excluding hydrogens is 336 g/mol. The number of hydrogen-bond acceptors (Lipinski definition) is 5. The van der Waals surface area contributed by atoms with E-state index >= 15 is 0 Å². The Hall–Kier alpha value is -1.82. The summed E-state index contributed by atoms with van der Waals surface area (Å²) in [5.41, 5.74) is 3.62. The van der Waals surface area contributed by atoms with Crippen molar-refractivity contribution >= 4 is 27.5 Å². The minimum absolute atomic E-state index is 0.101. The molecule has 1 aliphatic carbocycles. The van der Waals surface area contributed by atoms with Gasteiger partial charge in [-0.25, -0.2) is 4.79 Å². The molecule has 134 valence electrons. The summed E-state index contributed by atoms with van der Waals surface area (Å²) < 4.78 is 11.4. The lowest BCUT2D eigenvalue weighted by Gasteiger charge is -2.15. The molecule has 3 aliphatic rings. The van der Waals surface area contributed by atoms with Gasteiger partial charge in [0.15, 0.2) is 0 Å². The first-order valence-electron chi connectivity index (χ1n) is 9.09. The Morgan fingerprint density at radius 2 is 2.24 bits per heavy atom. The van der Waals surface area contributed by atoms with E-state index in [1.165, 1.54) is 18.6 Å². The molecule has 0 radical (unpaired) electrons. The number of benzene rings is 1. The molecule has 25 heavy (non-hydrogen) atoms. The van der Waals surface area contributed by atoms with Gasteiger partial charge in [0.2, 0.25) is 0 Å². The Bertz CT molecular complexity index is 727. The van der Waals surface area contributed by atoms with E-state index in [0.29, 0.717) is 17.9 Å². The number of nitrogens with zero attached hydrogens (tertiary/aromatic N) is 2. The van der Waals surface area contributed by atoms with Crippen LogP contribution in [0.4, 0.5) is 0 Å². The number of cyclic esters (lactones) is 1. The summed E-state index contributed by atoms with van der Waals surface area (Å²) in [7, 11) is -0.368. The molecule has 0 spiro atoms. The molecule has 1 fully saturated rings. The van der Waals surface area contributed by atoms with Crippen molar-refractivity contribution in [2.75, 3.05) is 12.4 Å². The number of hydrogen-bond donors (Lipinski definition) is 1. The number of carbonyl (C=O) groups excluding carboxylic acids is 1. The molecule has 1 saturated carbocycles. The van der Waals surface area contributed by atoms with Gasteiger partial charge in [-0.05, 0) is 49.5 Å². The average molecular weight is 360 g/mol. The quantitative estimate of drug-likeness (QED) is 0.557. The van der Waals surface area contributed by atoms with Crippen molar-refractivity contribution < 1.29 is 14.3 Å². The highest BCUT2D eigenvalue weighted by molar-refractivity contribution is 8.40. The molecule has 2 heterocycles. The van der Waals surface area contributed by atoms with E-state index in [1.54, 1.807) is 0 Å². The second-order valence-electron chi connectivity index (χ2n) is 6.92. The smallest absolute Gasteiger partial charge is 0.339 e. The second kappa shape index (κ2) is 7.20. The van der Waals surface area contributed by atoms with E-state index < -0.39 is 0 Å². The van der Waals surface area contributed by atoms with E-state index in [0.717, 1.165) is 35.8 Å². The van der Waals surface area contributed by atoms with Crippen molar-refractivity contribution in [2.45, 2.75) is 45.1 Å². The number of fused-ring (bicyclic) bond motifs is 1. The van der Waals surface area contributed by atoms with E-state index in [2.05, 4.69) is 17.1 Å². The molecule has 2 unspecified atom stereocenters. The predicted molar refractivity (Wildman–Crippen MR) is 102 cm³/mol. The molecule has 4 rings (SSSR count). The third kappa shape index (κ3) is 3.73. The molecule has 5 nitrogen and oxygen atoms in total. The van der Waals surface area contributed by atoms with Crippen molar-refractivity contribution in [3.8, 4) is 5.75 Å². The minimum Gasteiger partial charge on any atom is -0.487 e. The first-order valence-corrected chi connectivity index (χ1v) is 10.7. The van der Waals surface area contributed by atoms with Crippen LogP contribution in [-0.4, -0.2) is 28.9 Å². The van der Waals surface area contributed by atoms with Crippen LogP contribution in [0.25, 0.3) is 0 Å². The zero-order valence-electron chi connectivity index (χ0n) is 14.5. The monoisotopic (exact) mass is 360 g/mol. The largest absolute Gasteiger partial charge is 0.487 e. The van der Waals surface area contributed by atoms with Crippen LogP contribution >= 0.6 is 10.9 Å². The number of esters is 1. The topological polar surface area (TPSA) is 60.2 Å². The van der Waals surface area contributed by atoms with Gasteiger partial charge in [-0.15, -0.1) is 5.10 Å².